The topological polar surface area (TPSA) is 55.2 Å². The number of ether oxygens (including phenoxy) is 1. The Morgan fingerprint density at radius 1 is 1.19 bits per heavy atom. The molecule has 0 spiro atoms. The largest absolute Gasteiger partial charge is 0.438 e. The molecule has 1 aromatic heterocycles. The highest BCUT2D eigenvalue weighted by atomic mass is 16.5. The molecule has 4 nitrogen and oxygen atoms in total. The van der Waals surface area contributed by atoms with Crippen molar-refractivity contribution >= 4 is 0 Å². The van der Waals surface area contributed by atoms with E-state index in [9.17, 15) is 5.11 Å². The Morgan fingerprint density at radius 3 is 2.50 bits per heavy atom. The molecule has 0 amide bonds. The molecule has 2 rings (SSSR count). The Bertz CT molecular complexity index is 440. The molecule has 1 atom stereocenters. The van der Waals surface area contributed by atoms with Crippen molar-refractivity contribution in [2.75, 3.05) is 0 Å². The van der Waals surface area contributed by atoms with Gasteiger partial charge in [-0.1, -0.05) is 12.1 Å². The van der Waals surface area contributed by atoms with Gasteiger partial charge in [0.15, 0.2) is 0 Å². The summed E-state index contributed by atoms with van der Waals surface area (Å²) in [6.07, 6.45) is 4.23. The van der Waals surface area contributed by atoms with E-state index in [2.05, 4.69) is 9.97 Å². The number of hydrogen-bond donors (Lipinski definition) is 1. The molecule has 16 heavy (non-hydrogen) atoms. The van der Waals surface area contributed by atoms with Gasteiger partial charge in [-0.3, -0.25) is 4.98 Å². The Labute approximate surface area is 93.6 Å². The van der Waals surface area contributed by atoms with Crippen LogP contribution in [-0.4, -0.2) is 15.1 Å². The molecule has 0 saturated heterocycles. The van der Waals surface area contributed by atoms with Gasteiger partial charge in [-0.25, -0.2) is 4.98 Å². The molecular formula is C12H12N2O2. The quantitative estimate of drug-likeness (QED) is 0.855. The van der Waals surface area contributed by atoms with Gasteiger partial charge in [0.1, 0.15) is 5.75 Å². The first-order chi connectivity index (χ1) is 7.75. The lowest BCUT2D eigenvalue weighted by molar-refractivity contribution is 0.199. The summed E-state index contributed by atoms with van der Waals surface area (Å²) in [4.78, 5) is 7.90. The molecule has 2 aromatic rings. The number of benzene rings is 1. The summed E-state index contributed by atoms with van der Waals surface area (Å²) < 4.78 is 5.46. The highest BCUT2D eigenvalue weighted by Gasteiger charge is 2.01. The second-order valence-electron chi connectivity index (χ2n) is 3.39. The van der Waals surface area contributed by atoms with Gasteiger partial charge in [-0.2, -0.15) is 0 Å². The summed E-state index contributed by atoms with van der Waals surface area (Å²) in [6.45, 7) is 1.72. The van der Waals surface area contributed by atoms with E-state index in [0.717, 1.165) is 5.56 Å². The number of nitrogens with zero attached hydrogens (tertiary/aromatic N) is 2. The highest BCUT2D eigenvalue weighted by Crippen LogP contribution is 2.21. The second kappa shape index (κ2) is 4.72. The lowest BCUT2D eigenvalue weighted by Crippen LogP contribution is -1.91. The van der Waals surface area contributed by atoms with Gasteiger partial charge in [0.2, 0.25) is 5.88 Å². The van der Waals surface area contributed by atoms with E-state index in [0.29, 0.717) is 11.6 Å². The standard InChI is InChI=1S/C12H12N2O2/c1-9(15)10-2-4-11(5-3-10)16-12-8-13-6-7-14-12/h2-9,15H,1H3/t9-/m0/s1. The molecule has 82 valence electrons. The molecule has 0 radical (unpaired) electrons. The van der Waals surface area contributed by atoms with Crippen LogP contribution in [0.2, 0.25) is 0 Å². The van der Waals surface area contributed by atoms with Crippen LogP contribution in [-0.2, 0) is 0 Å². The second-order valence-corrected chi connectivity index (χ2v) is 3.39. The lowest BCUT2D eigenvalue weighted by atomic mass is 10.1. The molecule has 0 aliphatic carbocycles. The summed E-state index contributed by atoms with van der Waals surface area (Å²) in [5.41, 5.74) is 0.853. The van der Waals surface area contributed by atoms with Crippen LogP contribution >= 0.6 is 0 Å². The van der Waals surface area contributed by atoms with Crippen molar-refractivity contribution in [3.63, 3.8) is 0 Å². The van der Waals surface area contributed by atoms with Crippen LogP contribution in [0, 0.1) is 0 Å². The number of rotatable bonds is 3. The van der Waals surface area contributed by atoms with Crippen LogP contribution in [0.15, 0.2) is 42.9 Å². The number of aliphatic hydroxyl groups is 1. The molecular weight excluding hydrogens is 204 g/mol. The fourth-order valence-corrected chi connectivity index (χ4v) is 1.27. The van der Waals surface area contributed by atoms with Gasteiger partial charge in [-0.15, -0.1) is 0 Å². The Morgan fingerprint density at radius 2 is 1.94 bits per heavy atom. The first-order valence-electron chi connectivity index (χ1n) is 4.97. The molecule has 1 aromatic carbocycles. The molecule has 0 unspecified atom stereocenters. The third-order valence-corrected chi connectivity index (χ3v) is 2.12. The van der Waals surface area contributed by atoms with Crippen molar-refractivity contribution in [3.05, 3.63) is 48.4 Å². The molecule has 0 aliphatic rings. The first-order valence-corrected chi connectivity index (χ1v) is 4.97. The number of hydrogen-bond acceptors (Lipinski definition) is 4. The van der Waals surface area contributed by atoms with Crippen molar-refractivity contribution < 1.29 is 9.84 Å². The maximum atomic E-state index is 9.34. The van der Waals surface area contributed by atoms with E-state index in [-0.39, 0.29) is 0 Å². The molecule has 0 bridgehead atoms. The Balaban J connectivity index is 2.11. The Kier molecular flexibility index (Phi) is 3.12. The van der Waals surface area contributed by atoms with Crippen LogP contribution in [0.25, 0.3) is 0 Å². The van der Waals surface area contributed by atoms with E-state index < -0.39 is 6.10 Å². The van der Waals surface area contributed by atoms with Gasteiger partial charge >= 0.3 is 0 Å². The minimum absolute atomic E-state index is 0.451. The molecule has 0 saturated carbocycles. The van der Waals surface area contributed by atoms with Gasteiger partial charge < -0.3 is 9.84 Å². The predicted molar refractivity (Wildman–Crippen MR) is 59.2 cm³/mol. The minimum atomic E-state index is -0.467. The fourth-order valence-electron chi connectivity index (χ4n) is 1.27. The average molecular weight is 216 g/mol. The van der Waals surface area contributed by atoms with E-state index in [4.69, 9.17) is 4.74 Å². The van der Waals surface area contributed by atoms with Crippen LogP contribution < -0.4 is 4.74 Å². The van der Waals surface area contributed by atoms with Crippen molar-refractivity contribution in [1.82, 2.24) is 9.97 Å². The number of aliphatic hydroxyl groups excluding tert-OH is 1. The van der Waals surface area contributed by atoms with Crippen molar-refractivity contribution in [3.8, 4) is 11.6 Å². The van der Waals surface area contributed by atoms with E-state index in [1.54, 1.807) is 37.6 Å². The predicted octanol–water partition coefficient (Wildman–Crippen LogP) is 2.32. The van der Waals surface area contributed by atoms with E-state index >= 15 is 0 Å². The van der Waals surface area contributed by atoms with Crippen molar-refractivity contribution in [1.29, 1.82) is 0 Å². The first kappa shape index (κ1) is 10.6. The van der Waals surface area contributed by atoms with Gasteiger partial charge in [0.05, 0.1) is 12.3 Å². The van der Waals surface area contributed by atoms with Crippen LogP contribution in [0.4, 0.5) is 0 Å². The summed E-state index contributed by atoms with van der Waals surface area (Å²) in [5.74, 6) is 1.12. The minimum Gasteiger partial charge on any atom is -0.438 e. The monoisotopic (exact) mass is 216 g/mol. The third kappa shape index (κ3) is 2.55. The normalized spacial score (nSPS) is 12.1. The average Bonchev–Trinajstić information content (AvgIpc) is 2.31. The van der Waals surface area contributed by atoms with Crippen molar-refractivity contribution in [2.45, 2.75) is 13.0 Å². The molecule has 1 heterocycles. The summed E-state index contributed by atoms with van der Waals surface area (Å²) in [7, 11) is 0. The maximum absolute atomic E-state index is 9.34. The smallest absolute Gasteiger partial charge is 0.237 e. The Hall–Kier alpha value is -1.94. The van der Waals surface area contributed by atoms with E-state index in [1.165, 1.54) is 0 Å². The molecule has 1 N–H and O–H groups in total. The summed E-state index contributed by atoms with van der Waals surface area (Å²) in [6, 6.07) is 7.21. The zero-order valence-corrected chi connectivity index (χ0v) is 8.87. The molecule has 0 fully saturated rings. The van der Waals surface area contributed by atoms with Crippen LogP contribution in [0.1, 0.15) is 18.6 Å². The zero-order chi connectivity index (χ0) is 11.4. The van der Waals surface area contributed by atoms with Crippen molar-refractivity contribution in [2.24, 2.45) is 0 Å². The molecule has 4 heteroatoms. The maximum Gasteiger partial charge on any atom is 0.237 e. The fraction of sp³-hybridized carbons (Fsp3) is 0.167. The highest BCUT2D eigenvalue weighted by molar-refractivity contribution is 5.30. The summed E-state index contributed by atoms with van der Waals surface area (Å²) in [5, 5.41) is 9.34. The van der Waals surface area contributed by atoms with Gasteiger partial charge in [0.25, 0.3) is 0 Å². The van der Waals surface area contributed by atoms with Gasteiger partial charge in [-0.05, 0) is 24.6 Å². The lowest BCUT2D eigenvalue weighted by Gasteiger charge is -2.06. The zero-order valence-electron chi connectivity index (χ0n) is 8.87. The SMILES string of the molecule is C[C@H](O)c1ccc(Oc2cnccn2)cc1. The van der Waals surface area contributed by atoms with Crippen LogP contribution in [0.5, 0.6) is 11.6 Å². The van der Waals surface area contributed by atoms with Gasteiger partial charge in [0, 0.05) is 12.4 Å². The van der Waals surface area contributed by atoms with Crippen LogP contribution in [0.3, 0.4) is 0 Å². The number of aromatic nitrogens is 2. The van der Waals surface area contributed by atoms with E-state index in [1.807, 2.05) is 12.1 Å². The molecule has 0 aliphatic heterocycles. The third-order valence-electron chi connectivity index (χ3n) is 2.12. The summed E-state index contributed by atoms with van der Waals surface area (Å²) >= 11 is 0.